The van der Waals surface area contributed by atoms with Crippen LogP contribution >= 0.6 is 7.82 Å². The van der Waals surface area contributed by atoms with Gasteiger partial charge in [-0.15, -0.1) is 0 Å². The van der Waals surface area contributed by atoms with Crippen LogP contribution in [0.25, 0.3) is 0 Å². The third kappa shape index (κ3) is 6.40. The van der Waals surface area contributed by atoms with Gasteiger partial charge in [-0.1, -0.05) is 94.6 Å². The van der Waals surface area contributed by atoms with Crippen molar-refractivity contribution in [1.29, 1.82) is 0 Å². The molecule has 32 heavy (non-hydrogen) atoms. The third-order valence-corrected chi connectivity index (χ3v) is 6.37. The van der Waals surface area contributed by atoms with E-state index in [1.165, 1.54) is 0 Å². The summed E-state index contributed by atoms with van der Waals surface area (Å²) in [6.45, 7) is 6.31. The van der Waals surface area contributed by atoms with Gasteiger partial charge in [0.05, 0.1) is 0 Å². The molecule has 3 aromatic carbocycles. The number of rotatable bonds is 12. The van der Waals surface area contributed by atoms with E-state index in [0.717, 1.165) is 55.2 Å². The lowest BCUT2D eigenvalue weighted by atomic mass is 10.1. The molecule has 0 N–H and O–H groups in total. The molecular formula is C27H33O4P. The molecule has 0 heterocycles. The van der Waals surface area contributed by atoms with Gasteiger partial charge in [-0.3, -0.25) is 0 Å². The number of para-hydroxylation sites is 3. The fraction of sp³-hybridized carbons (Fsp3) is 0.333. The first-order chi connectivity index (χ1) is 15.6. The van der Waals surface area contributed by atoms with E-state index < -0.39 is 7.82 Å². The van der Waals surface area contributed by atoms with E-state index in [1.807, 2.05) is 72.8 Å². The number of phosphoric ester groups is 1. The van der Waals surface area contributed by atoms with Crippen LogP contribution in [0.2, 0.25) is 0 Å². The summed E-state index contributed by atoms with van der Waals surface area (Å²) in [5.74, 6) is 1.58. The van der Waals surface area contributed by atoms with Crippen LogP contribution < -0.4 is 13.6 Å². The summed E-state index contributed by atoms with van der Waals surface area (Å²) in [5.41, 5.74) is 2.93. The molecule has 0 spiro atoms. The molecule has 0 unspecified atom stereocenters. The topological polar surface area (TPSA) is 44.8 Å². The monoisotopic (exact) mass is 452 g/mol. The molecule has 3 aromatic rings. The Kier molecular flexibility index (Phi) is 8.81. The third-order valence-electron chi connectivity index (χ3n) is 5.11. The Labute approximate surface area is 192 Å². The van der Waals surface area contributed by atoms with Crippen molar-refractivity contribution >= 4 is 7.82 Å². The fourth-order valence-electron chi connectivity index (χ4n) is 3.62. The second-order valence-corrected chi connectivity index (χ2v) is 9.24. The predicted octanol–water partition coefficient (Wildman–Crippen LogP) is 8.19. The van der Waals surface area contributed by atoms with E-state index in [2.05, 4.69) is 20.8 Å². The van der Waals surface area contributed by atoms with Crippen LogP contribution in [0.15, 0.2) is 72.8 Å². The van der Waals surface area contributed by atoms with Gasteiger partial charge in [0.25, 0.3) is 0 Å². The highest BCUT2D eigenvalue weighted by atomic mass is 31.2. The van der Waals surface area contributed by atoms with Crippen LogP contribution in [-0.4, -0.2) is 0 Å². The largest absolute Gasteiger partial charge is 0.647 e. The molecule has 0 aliphatic heterocycles. The Bertz CT molecular complexity index is 915. The first-order valence-electron chi connectivity index (χ1n) is 11.5. The van der Waals surface area contributed by atoms with Crippen molar-refractivity contribution in [2.24, 2.45) is 0 Å². The van der Waals surface area contributed by atoms with E-state index in [4.69, 9.17) is 13.6 Å². The van der Waals surface area contributed by atoms with E-state index in [-0.39, 0.29) is 0 Å². The first kappa shape index (κ1) is 23.9. The van der Waals surface area contributed by atoms with E-state index >= 15 is 0 Å². The molecule has 5 heteroatoms. The van der Waals surface area contributed by atoms with Gasteiger partial charge < -0.3 is 13.6 Å². The van der Waals surface area contributed by atoms with E-state index in [9.17, 15) is 4.57 Å². The van der Waals surface area contributed by atoms with Gasteiger partial charge in [0, 0.05) is 0 Å². The minimum Gasteiger partial charge on any atom is -0.386 e. The van der Waals surface area contributed by atoms with Crippen molar-refractivity contribution in [1.82, 2.24) is 0 Å². The zero-order valence-electron chi connectivity index (χ0n) is 19.3. The number of hydrogen-bond donors (Lipinski definition) is 0. The summed E-state index contributed by atoms with van der Waals surface area (Å²) in [6, 6.07) is 22.9. The van der Waals surface area contributed by atoms with E-state index in [0.29, 0.717) is 17.2 Å². The fourth-order valence-corrected chi connectivity index (χ4v) is 4.99. The molecule has 0 amide bonds. The number of aryl methyl sites for hydroxylation is 3. The number of phosphoric acid groups is 1. The molecule has 0 aliphatic rings. The summed E-state index contributed by atoms with van der Waals surface area (Å²) in [4.78, 5) is 0. The van der Waals surface area contributed by atoms with Gasteiger partial charge in [-0.2, -0.15) is 4.57 Å². The maximum Gasteiger partial charge on any atom is 0.647 e. The molecule has 0 aliphatic carbocycles. The Balaban J connectivity index is 2.01. The minimum atomic E-state index is -4.04. The Morgan fingerprint density at radius 1 is 0.531 bits per heavy atom. The number of benzene rings is 3. The maximum absolute atomic E-state index is 14.1. The standard InChI is InChI=1S/C27H33O4P/c1-4-13-22-16-7-10-19-25(22)29-32(28,30-26-20-11-8-17-23(26)14-5-2)31-27-21-12-9-18-24(27)15-6-3/h7-12,16-21H,4-6,13-15H2,1-3H3. The van der Waals surface area contributed by atoms with Gasteiger partial charge in [0.1, 0.15) is 17.2 Å². The zero-order valence-corrected chi connectivity index (χ0v) is 20.1. The van der Waals surface area contributed by atoms with Crippen LogP contribution in [0.4, 0.5) is 0 Å². The highest BCUT2D eigenvalue weighted by Crippen LogP contribution is 2.51. The van der Waals surface area contributed by atoms with Crippen LogP contribution in [0.5, 0.6) is 17.2 Å². The first-order valence-corrected chi connectivity index (χ1v) is 13.0. The smallest absolute Gasteiger partial charge is 0.386 e. The van der Waals surface area contributed by atoms with Gasteiger partial charge in [0.2, 0.25) is 0 Å². The molecule has 3 rings (SSSR count). The van der Waals surface area contributed by atoms with Crippen molar-refractivity contribution in [2.75, 3.05) is 0 Å². The van der Waals surface area contributed by atoms with Crippen molar-refractivity contribution in [3.63, 3.8) is 0 Å². The molecule has 0 saturated heterocycles. The second-order valence-electron chi connectivity index (χ2n) is 7.79. The molecule has 0 saturated carbocycles. The van der Waals surface area contributed by atoms with Crippen LogP contribution in [-0.2, 0) is 23.8 Å². The molecule has 0 aromatic heterocycles. The van der Waals surface area contributed by atoms with Crippen LogP contribution in [0, 0.1) is 0 Å². The van der Waals surface area contributed by atoms with Crippen molar-refractivity contribution in [2.45, 2.75) is 59.3 Å². The van der Waals surface area contributed by atoms with Gasteiger partial charge in [0.15, 0.2) is 0 Å². The Hall–Kier alpha value is -2.71. The van der Waals surface area contributed by atoms with Crippen molar-refractivity contribution in [3.05, 3.63) is 89.5 Å². The predicted molar refractivity (Wildman–Crippen MR) is 131 cm³/mol. The lowest BCUT2D eigenvalue weighted by molar-refractivity contribution is 0.295. The molecule has 0 bridgehead atoms. The molecule has 0 atom stereocenters. The van der Waals surface area contributed by atoms with Crippen LogP contribution in [0.1, 0.15) is 56.7 Å². The van der Waals surface area contributed by atoms with Crippen LogP contribution in [0.3, 0.4) is 0 Å². The van der Waals surface area contributed by atoms with Crippen molar-refractivity contribution in [3.8, 4) is 17.2 Å². The lowest BCUT2D eigenvalue weighted by Crippen LogP contribution is -2.10. The molecule has 0 radical (unpaired) electrons. The summed E-state index contributed by atoms with van der Waals surface area (Å²) in [7, 11) is -4.04. The average molecular weight is 453 g/mol. The lowest BCUT2D eigenvalue weighted by Gasteiger charge is -2.23. The second kappa shape index (κ2) is 11.8. The summed E-state index contributed by atoms with van der Waals surface area (Å²) >= 11 is 0. The zero-order chi connectivity index (χ0) is 22.8. The molecular weight excluding hydrogens is 419 g/mol. The molecule has 4 nitrogen and oxygen atoms in total. The quantitative estimate of drug-likeness (QED) is 0.260. The Morgan fingerprint density at radius 2 is 0.812 bits per heavy atom. The van der Waals surface area contributed by atoms with Gasteiger partial charge >= 0.3 is 7.82 Å². The minimum absolute atomic E-state index is 0.527. The summed E-state index contributed by atoms with van der Waals surface area (Å²) in [6.07, 6.45) is 5.29. The SMILES string of the molecule is CCCc1ccccc1OP(=O)(Oc1ccccc1CCC)Oc1ccccc1CCC. The molecule has 170 valence electrons. The highest BCUT2D eigenvalue weighted by molar-refractivity contribution is 7.49. The highest BCUT2D eigenvalue weighted by Gasteiger charge is 2.35. The van der Waals surface area contributed by atoms with Gasteiger partial charge in [-0.05, 0) is 54.2 Å². The van der Waals surface area contributed by atoms with E-state index in [1.54, 1.807) is 0 Å². The Morgan fingerprint density at radius 3 is 1.09 bits per heavy atom. The number of hydrogen-bond acceptors (Lipinski definition) is 4. The van der Waals surface area contributed by atoms with Crippen molar-refractivity contribution < 1.29 is 18.1 Å². The maximum atomic E-state index is 14.1. The molecule has 0 fully saturated rings. The average Bonchev–Trinajstić information content (AvgIpc) is 2.78. The summed E-state index contributed by atoms with van der Waals surface area (Å²) < 4.78 is 32.3. The normalized spacial score (nSPS) is 11.2. The summed E-state index contributed by atoms with van der Waals surface area (Å²) in [5, 5.41) is 0. The van der Waals surface area contributed by atoms with Gasteiger partial charge in [-0.25, -0.2) is 0 Å².